The van der Waals surface area contributed by atoms with Gasteiger partial charge in [-0.15, -0.1) is 12.4 Å². The molecule has 5 nitrogen and oxygen atoms in total. The molecular formula is C12H9Br2ClN2O3. The number of phenols is 1. The molecule has 2 aromatic rings. The number of Topliss-reactive ketones (excluding diaryl/α,β-unsaturated/α-hetero) is 1. The zero-order valence-electron chi connectivity index (χ0n) is 9.92. The summed E-state index contributed by atoms with van der Waals surface area (Å²) in [5.74, 6) is 0.329. The second-order valence-electron chi connectivity index (χ2n) is 4.10. The maximum absolute atomic E-state index is 12.5. The van der Waals surface area contributed by atoms with Crippen LogP contribution in [0.5, 0.6) is 11.5 Å². The van der Waals surface area contributed by atoms with E-state index in [2.05, 4.69) is 36.8 Å². The first kappa shape index (κ1) is 15.3. The van der Waals surface area contributed by atoms with E-state index in [4.69, 9.17) is 4.74 Å². The van der Waals surface area contributed by atoms with Crippen LogP contribution in [0.1, 0.15) is 16.4 Å². The Morgan fingerprint density at radius 1 is 1.45 bits per heavy atom. The van der Waals surface area contributed by atoms with Gasteiger partial charge in [-0.05, 0) is 37.9 Å². The molecule has 0 bridgehead atoms. The van der Waals surface area contributed by atoms with Gasteiger partial charge in [-0.25, -0.2) is 4.98 Å². The van der Waals surface area contributed by atoms with Gasteiger partial charge in [-0.1, -0.05) is 0 Å². The quantitative estimate of drug-likeness (QED) is 0.763. The lowest BCUT2D eigenvalue weighted by molar-refractivity contribution is 0.0839. The number of ketones is 1. The highest BCUT2D eigenvalue weighted by Gasteiger charge is 2.33. The summed E-state index contributed by atoms with van der Waals surface area (Å²) >= 11 is 6.45. The minimum Gasteiger partial charge on any atom is -0.505 e. The van der Waals surface area contributed by atoms with E-state index >= 15 is 0 Å². The van der Waals surface area contributed by atoms with Crippen LogP contribution in [0.25, 0.3) is 0 Å². The number of carbonyl (C=O) groups excluding carboxylic acids is 1. The van der Waals surface area contributed by atoms with Crippen molar-refractivity contribution in [2.75, 3.05) is 6.61 Å². The largest absolute Gasteiger partial charge is 0.505 e. The molecule has 2 heterocycles. The molecule has 0 saturated carbocycles. The molecular weight excluding hydrogens is 415 g/mol. The van der Waals surface area contributed by atoms with Crippen LogP contribution in [-0.2, 0) is 0 Å². The Morgan fingerprint density at radius 2 is 2.20 bits per heavy atom. The van der Waals surface area contributed by atoms with Crippen molar-refractivity contribution in [3.05, 3.63) is 39.3 Å². The number of fused-ring (bicyclic) bond motifs is 1. The first-order chi connectivity index (χ1) is 9.09. The van der Waals surface area contributed by atoms with Crippen LogP contribution in [0, 0.1) is 0 Å². The van der Waals surface area contributed by atoms with Crippen molar-refractivity contribution in [1.29, 1.82) is 0 Å². The third-order valence-corrected chi connectivity index (χ3v) is 4.33. The highest BCUT2D eigenvalue weighted by Crippen LogP contribution is 2.44. The fraction of sp³-hybridized carbons (Fsp3) is 0.167. The Kier molecular flexibility index (Phi) is 4.41. The van der Waals surface area contributed by atoms with E-state index in [1.165, 1.54) is 0 Å². The number of phenolic OH excluding ortho intramolecular Hbond substituents is 1. The highest BCUT2D eigenvalue weighted by molar-refractivity contribution is 9.11. The summed E-state index contributed by atoms with van der Waals surface area (Å²) in [4.78, 5) is 16.4. The molecule has 1 atom stereocenters. The molecule has 1 aromatic heterocycles. The van der Waals surface area contributed by atoms with Crippen LogP contribution in [0.2, 0.25) is 0 Å². The van der Waals surface area contributed by atoms with Crippen LogP contribution in [-0.4, -0.2) is 27.0 Å². The number of carbonyl (C=O) groups is 1. The van der Waals surface area contributed by atoms with Crippen LogP contribution >= 0.6 is 44.3 Å². The summed E-state index contributed by atoms with van der Waals surface area (Å²) in [6.45, 7) is 0.210. The number of hydrogen-bond donors (Lipinski definition) is 1. The Balaban J connectivity index is 0.00000147. The van der Waals surface area contributed by atoms with E-state index < -0.39 is 6.04 Å². The van der Waals surface area contributed by atoms with Gasteiger partial charge in [-0.3, -0.25) is 4.79 Å². The van der Waals surface area contributed by atoms with Crippen molar-refractivity contribution in [3.63, 3.8) is 0 Å². The van der Waals surface area contributed by atoms with Gasteiger partial charge in [0.1, 0.15) is 28.6 Å². The van der Waals surface area contributed by atoms with Crippen LogP contribution in [0.4, 0.5) is 0 Å². The molecule has 20 heavy (non-hydrogen) atoms. The third-order valence-electron chi connectivity index (χ3n) is 2.99. The summed E-state index contributed by atoms with van der Waals surface area (Å²) < 4.78 is 8.14. The average molecular weight is 424 g/mol. The molecule has 0 amide bonds. The summed E-state index contributed by atoms with van der Waals surface area (Å²) in [6, 6.07) is 1.14. The number of halogens is 3. The minimum absolute atomic E-state index is 0. The van der Waals surface area contributed by atoms with E-state index in [-0.39, 0.29) is 30.5 Å². The number of nitrogens with zero attached hydrogens (tertiary/aromatic N) is 2. The summed E-state index contributed by atoms with van der Waals surface area (Å²) in [5, 5.41) is 9.80. The smallest absolute Gasteiger partial charge is 0.192 e. The van der Waals surface area contributed by atoms with Crippen molar-refractivity contribution >= 4 is 50.1 Å². The highest BCUT2D eigenvalue weighted by atomic mass is 79.9. The van der Waals surface area contributed by atoms with E-state index in [1.54, 1.807) is 29.4 Å². The molecule has 0 spiro atoms. The summed E-state index contributed by atoms with van der Waals surface area (Å²) in [6.07, 6.45) is 4.92. The molecule has 1 N–H and O–H groups in total. The van der Waals surface area contributed by atoms with Gasteiger partial charge in [0.2, 0.25) is 0 Å². The Bertz CT molecular complexity index is 661. The van der Waals surface area contributed by atoms with E-state index in [1.807, 2.05) is 0 Å². The van der Waals surface area contributed by atoms with Crippen molar-refractivity contribution in [2.45, 2.75) is 6.04 Å². The number of aromatic nitrogens is 2. The molecule has 0 aliphatic carbocycles. The molecule has 0 radical (unpaired) electrons. The second-order valence-corrected chi connectivity index (χ2v) is 5.75. The lowest BCUT2D eigenvalue weighted by Gasteiger charge is -2.26. The Morgan fingerprint density at radius 3 is 2.85 bits per heavy atom. The Labute approximate surface area is 137 Å². The maximum Gasteiger partial charge on any atom is 0.192 e. The predicted molar refractivity (Wildman–Crippen MR) is 81.8 cm³/mol. The molecule has 0 saturated heterocycles. The van der Waals surface area contributed by atoms with Gasteiger partial charge in [-0.2, -0.15) is 0 Å². The minimum atomic E-state index is -0.432. The number of rotatable bonds is 1. The van der Waals surface area contributed by atoms with Gasteiger partial charge < -0.3 is 14.4 Å². The van der Waals surface area contributed by atoms with E-state index in [0.29, 0.717) is 20.3 Å². The number of hydrogen-bond acceptors (Lipinski definition) is 4. The van der Waals surface area contributed by atoms with E-state index in [9.17, 15) is 9.90 Å². The Hall–Kier alpha value is -1.05. The van der Waals surface area contributed by atoms with E-state index in [0.717, 1.165) is 0 Å². The van der Waals surface area contributed by atoms with Gasteiger partial charge in [0.25, 0.3) is 0 Å². The molecule has 8 heteroatoms. The molecule has 1 unspecified atom stereocenters. The maximum atomic E-state index is 12.5. The van der Waals surface area contributed by atoms with Crippen molar-refractivity contribution < 1.29 is 14.6 Å². The van der Waals surface area contributed by atoms with Gasteiger partial charge in [0, 0.05) is 12.4 Å². The van der Waals surface area contributed by atoms with Crippen LogP contribution in [0.3, 0.4) is 0 Å². The van der Waals surface area contributed by atoms with Gasteiger partial charge >= 0.3 is 0 Å². The zero-order chi connectivity index (χ0) is 13.6. The molecule has 1 aromatic carbocycles. The first-order valence-electron chi connectivity index (χ1n) is 5.45. The topological polar surface area (TPSA) is 64.3 Å². The zero-order valence-corrected chi connectivity index (χ0v) is 13.9. The lowest BCUT2D eigenvalue weighted by atomic mass is 10.0. The van der Waals surface area contributed by atoms with Crippen molar-refractivity contribution in [1.82, 2.24) is 9.55 Å². The number of ether oxygens (including phenoxy) is 1. The fourth-order valence-corrected chi connectivity index (χ4v) is 3.24. The number of imidazole rings is 1. The molecule has 1 aliphatic rings. The molecule has 0 fully saturated rings. The third kappa shape index (κ3) is 2.34. The number of benzene rings is 1. The SMILES string of the molecule is Cl.O=C1c2cc(Br)c(O)c(Br)c2OCC1n1ccnc1. The van der Waals surface area contributed by atoms with Crippen molar-refractivity contribution in [3.8, 4) is 11.5 Å². The van der Waals surface area contributed by atoms with Crippen LogP contribution < -0.4 is 4.74 Å². The average Bonchev–Trinajstić information content (AvgIpc) is 2.91. The summed E-state index contributed by atoms with van der Waals surface area (Å²) in [7, 11) is 0. The lowest BCUT2D eigenvalue weighted by Crippen LogP contribution is -2.30. The van der Waals surface area contributed by atoms with Gasteiger partial charge in [0.15, 0.2) is 5.78 Å². The normalized spacial score (nSPS) is 17.1. The van der Waals surface area contributed by atoms with Gasteiger partial charge in [0.05, 0.1) is 16.4 Å². The second kappa shape index (κ2) is 5.75. The molecule has 1 aliphatic heterocycles. The standard InChI is InChI=1S/C12H8Br2N2O3.ClH/c13-7-3-6-10(17)8(16-2-1-15-5-16)4-19-12(6)9(14)11(7)18;/h1-3,5,8,18H,4H2;1H. The molecule has 3 rings (SSSR count). The first-order valence-corrected chi connectivity index (χ1v) is 7.03. The van der Waals surface area contributed by atoms with Crippen LogP contribution in [0.15, 0.2) is 33.7 Å². The van der Waals surface area contributed by atoms with Crippen molar-refractivity contribution in [2.24, 2.45) is 0 Å². The molecule has 106 valence electrons. The summed E-state index contributed by atoms with van der Waals surface area (Å²) in [5.41, 5.74) is 0.432. The fourth-order valence-electron chi connectivity index (χ4n) is 2.01. The monoisotopic (exact) mass is 422 g/mol. The predicted octanol–water partition coefficient (Wildman–Crippen LogP) is 3.35. The number of aromatic hydroxyl groups is 1.